The zero-order valence-corrected chi connectivity index (χ0v) is 12.3. The number of nitriles is 1. The number of hydrogen-bond donors (Lipinski definition) is 2. The second-order valence-electron chi connectivity index (χ2n) is 4.26. The Morgan fingerprint density at radius 2 is 2.24 bits per heavy atom. The third-order valence-electron chi connectivity index (χ3n) is 2.81. The van der Waals surface area contributed by atoms with Crippen LogP contribution in [0.15, 0.2) is 29.6 Å². The van der Waals surface area contributed by atoms with Gasteiger partial charge in [0.15, 0.2) is 0 Å². The molecular weight excluding hydrogens is 282 g/mol. The quantitative estimate of drug-likeness (QED) is 0.835. The average Bonchev–Trinajstić information content (AvgIpc) is 2.95. The maximum absolute atomic E-state index is 12.3. The van der Waals surface area contributed by atoms with Gasteiger partial charge in [0, 0.05) is 11.3 Å². The van der Waals surface area contributed by atoms with Gasteiger partial charge in [0.05, 0.1) is 18.2 Å². The van der Waals surface area contributed by atoms with Crippen molar-refractivity contribution < 1.29 is 4.79 Å². The number of nitrogens with two attached hydrogens (primary N) is 1. The summed E-state index contributed by atoms with van der Waals surface area (Å²) in [5.41, 5.74) is 8.04. The molecule has 3 N–H and O–H groups in total. The van der Waals surface area contributed by atoms with Gasteiger partial charge in [0.25, 0.3) is 5.91 Å². The molecule has 0 aliphatic rings. The van der Waals surface area contributed by atoms with E-state index in [-0.39, 0.29) is 12.5 Å². The lowest BCUT2D eigenvalue weighted by Gasteiger charge is -2.08. The summed E-state index contributed by atoms with van der Waals surface area (Å²) in [7, 11) is 0. The molecule has 4 nitrogen and oxygen atoms in total. The summed E-state index contributed by atoms with van der Waals surface area (Å²) in [4.78, 5) is 12.9. The smallest absolute Gasteiger partial charge is 0.267 e. The summed E-state index contributed by atoms with van der Waals surface area (Å²) in [6.45, 7) is 2.13. The molecule has 21 heavy (non-hydrogen) atoms. The fraction of sp³-hybridized carbons (Fsp3) is 0.125. The van der Waals surface area contributed by atoms with Gasteiger partial charge in [-0.2, -0.15) is 5.26 Å². The molecule has 1 amide bonds. The summed E-state index contributed by atoms with van der Waals surface area (Å²) in [5.74, 6) is 5.39. The van der Waals surface area contributed by atoms with Crippen LogP contribution in [0.25, 0.3) is 0 Å². The zero-order chi connectivity index (χ0) is 15.2. The Labute approximate surface area is 127 Å². The van der Waals surface area contributed by atoms with Crippen molar-refractivity contribution >= 4 is 22.9 Å². The molecule has 0 fully saturated rings. The van der Waals surface area contributed by atoms with Crippen molar-refractivity contribution in [3.63, 3.8) is 0 Å². The van der Waals surface area contributed by atoms with E-state index >= 15 is 0 Å². The fourth-order valence-electron chi connectivity index (χ4n) is 1.74. The van der Waals surface area contributed by atoms with E-state index in [1.54, 1.807) is 24.3 Å². The van der Waals surface area contributed by atoms with Crippen LogP contribution in [0.3, 0.4) is 0 Å². The molecule has 0 atom stereocenters. The maximum atomic E-state index is 12.3. The molecular formula is C16H13N3OS. The second-order valence-corrected chi connectivity index (χ2v) is 5.18. The first-order valence-corrected chi connectivity index (χ1v) is 7.12. The SMILES string of the molecule is Cc1ccc(C#N)cc1NC(=O)c1sccc1C#CCN. The molecule has 1 aromatic heterocycles. The Morgan fingerprint density at radius 1 is 1.43 bits per heavy atom. The van der Waals surface area contributed by atoms with Gasteiger partial charge >= 0.3 is 0 Å². The van der Waals surface area contributed by atoms with Crippen LogP contribution in [0.2, 0.25) is 0 Å². The number of aryl methyl sites for hydroxylation is 1. The van der Waals surface area contributed by atoms with Crippen molar-refractivity contribution in [2.45, 2.75) is 6.92 Å². The van der Waals surface area contributed by atoms with Crippen molar-refractivity contribution in [1.82, 2.24) is 0 Å². The van der Waals surface area contributed by atoms with E-state index in [1.165, 1.54) is 11.3 Å². The molecule has 0 saturated carbocycles. The van der Waals surface area contributed by atoms with Crippen LogP contribution in [0.4, 0.5) is 5.69 Å². The molecule has 0 aliphatic carbocycles. The van der Waals surface area contributed by atoms with Crippen LogP contribution in [0, 0.1) is 30.1 Å². The fourth-order valence-corrected chi connectivity index (χ4v) is 2.48. The van der Waals surface area contributed by atoms with Crippen LogP contribution in [0.5, 0.6) is 0 Å². The van der Waals surface area contributed by atoms with Gasteiger partial charge in [0.1, 0.15) is 4.88 Å². The highest BCUT2D eigenvalue weighted by atomic mass is 32.1. The second kappa shape index (κ2) is 6.71. The predicted octanol–water partition coefficient (Wildman–Crippen LogP) is 2.49. The third-order valence-corrected chi connectivity index (χ3v) is 3.72. The minimum Gasteiger partial charge on any atom is -0.321 e. The predicted molar refractivity (Wildman–Crippen MR) is 84.1 cm³/mol. The summed E-state index contributed by atoms with van der Waals surface area (Å²) < 4.78 is 0. The van der Waals surface area contributed by atoms with E-state index in [0.717, 1.165) is 5.56 Å². The average molecular weight is 295 g/mol. The first-order chi connectivity index (χ1) is 10.2. The molecule has 0 radical (unpaired) electrons. The molecule has 1 aromatic carbocycles. The van der Waals surface area contributed by atoms with Gasteiger partial charge in [-0.25, -0.2) is 0 Å². The van der Waals surface area contributed by atoms with Crippen LogP contribution in [0.1, 0.15) is 26.4 Å². The van der Waals surface area contributed by atoms with Gasteiger partial charge in [-0.3, -0.25) is 4.79 Å². The molecule has 2 rings (SSSR count). The Hall–Kier alpha value is -2.60. The van der Waals surface area contributed by atoms with Crippen LogP contribution in [-0.2, 0) is 0 Å². The number of anilines is 1. The number of benzene rings is 1. The van der Waals surface area contributed by atoms with E-state index in [9.17, 15) is 4.79 Å². The van der Waals surface area contributed by atoms with Gasteiger partial charge < -0.3 is 11.1 Å². The van der Waals surface area contributed by atoms with Gasteiger partial charge in [-0.15, -0.1) is 11.3 Å². The highest BCUT2D eigenvalue weighted by molar-refractivity contribution is 7.12. The topological polar surface area (TPSA) is 78.9 Å². The zero-order valence-electron chi connectivity index (χ0n) is 11.4. The summed E-state index contributed by atoms with van der Waals surface area (Å²) >= 11 is 1.32. The molecule has 0 spiro atoms. The van der Waals surface area contributed by atoms with E-state index < -0.39 is 0 Å². The molecule has 0 unspecified atom stereocenters. The van der Waals surface area contributed by atoms with Crippen molar-refractivity contribution in [2.24, 2.45) is 5.73 Å². The van der Waals surface area contributed by atoms with Crippen LogP contribution >= 0.6 is 11.3 Å². The molecule has 104 valence electrons. The van der Waals surface area contributed by atoms with Crippen molar-refractivity contribution in [1.29, 1.82) is 5.26 Å². The first-order valence-electron chi connectivity index (χ1n) is 6.24. The Kier molecular flexibility index (Phi) is 4.73. The highest BCUT2D eigenvalue weighted by Crippen LogP contribution is 2.21. The maximum Gasteiger partial charge on any atom is 0.267 e. The monoisotopic (exact) mass is 295 g/mol. The molecule has 0 aliphatic heterocycles. The minimum atomic E-state index is -0.232. The standard InChI is InChI=1S/C16H13N3OS/c1-11-4-5-12(10-18)9-14(11)19-16(20)15-13(3-2-7-17)6-8-21-15/h4-6,8-9H,7,17H2,1H3,(H,19,20). The molecule has 0 saturated heterocycles. The molecule has 1 heterocycles. The Balaban J connectivity index is 2.27. The highest BCUT2D eigenvalue weighted by Gasteiger charge is 2.13. The number of nitrogens with zero attached hydrogens (tertiary/aromatic N) is 1. The lowest BCUT2D eigenvalue weighted by molar-refractivity contribution is 0.103. The number of thiophene rings is 1. The van der Waals surface area contributed by atoms with Crippen molar-refractivity contribution in [3.8, 4) is 17.9 Å². The molecule has 2 aromatic rings. The Bertz CT molecular complexity index is 775. The summed E-state index contributed by atoms with van der Waals surface area (Å²) in [6.07, 6.45) is 0. The molecule has 0 bridgehead atoms. The van der Waals surface area contributed by atoms with Crippen molar-refractivity contribution in [2.75, 3.05) is 11.9 Å². The van der Waals surface area contributed by atoms with Crippen LogP contribution in [-0.4, -0.2) is 12.5 Å². The van der Waals surface area contributed by atoms with Gasteiger partial charge in [-0.05, 0) is 36.1 Å². The van der Waals surface area contributed by atoms with Crippen molar-refractivity contribution in [3.05, 3.63) is 51.2 Å². The lowest BCUT2D eigenvalue weighted by Crippen LogP contribution is -2.12. The minimum absolute atomic E-state index is 0.232. The number of hydrogen-bond acceptors (Lipinski definition) is 4. The van der Waals surface area contributed by atoms with Crippen LogP contribution < -0.4 is 11.1 Å². The first kappa shape index (κ1) is 14.8. The normalized spacial score (nSPS) is 9.38. The number of carbonyl (C=O) groups excluding carboxylic acids is 1. The Morgan fingerprint density at radius 3 is 2.95 bits per heavy atom. The van der Waals surface area contributed by atoms with E-state index in [0.29, 0.717) is 21.7 Å². The molecule has 5 heteroatoms. The summed E-state index contributed by atoms with van der Waals surface area (Å²) in [6, 6.07) is 9.03. The van der Waals surface area contributed by atoms with E-state index in [2.05, 4.69) is 23.2 Å². The number of amides is 1. The largest absolute Gasteiger partial charge is 0.321 e. The van der Waals surface area contributed by atoms with Gasteiger partial charge in [-0.1, -0.05) is 17.9 Å². The third kappa shape index (κ3) is 3.49. The lowest BCUT2D eigenvalue weighted by atomic mass is 10.1. The number of rotatable bonds is 2. The summed E-state index contributed by atoms with van der Waals surface area (Å²) in [5, 5.41) is 13.6. The van der Waals surface area contributed by atoms with Gasteiger partial charge in [0.2, 0.25) is 0 Å². The van der Waals surface area contributed by atoms with E-state index in [1.807, 2.05) is 12.3 Å². The number of carbonyl (C=O) groups is 1. The van der Waals surface area contributed by atoms with E-state index in [4.69, 9.17) is 11.0 Å². The number of nitrogens with one attached hydrogen (secondary N) is 1.